The van der Waals surface area contributed by atoms with Gasteiger partial charge in [0, 0.05) is 17.3 Å². The second-order valence-electron chi connectivity index (χ2n) is 4.05. The number of benzene rings is 2. The highest BCUT2D eigenvalue weighted by molar-refractivity contribution is 6.02. The van der Waals surface area contributed by atoms with Gasteiger partial charge < -0.3 is 10.4 Å². The predicted octanol–water partition coefficient (Wildman–Crippen LogP) is 2.83. The Hall–Kier alpha value is -2.39. The van der Waals surface area contributed by atoms with Crippen LogP contribution in [0.3, 0.4) is 0 Å². The Balaban J connectivity index is 2.04. The molecular weight excluding hydrogens is 238 g/mol. The first-order chi connectivity index (χ1) is 9.29. The number of hydrogen-bond donors (Lipinski definition) is 2. The molecule has 2 N–H and O–H groups in total. The molecule has 3 heteroatoms. The van der Waals surface area contributed by atoms with E-state index >= 15 is 0 Å². The number of hydrogen-bond acceptors (Lipinski definition) is 2. The summed E-state index contributed by atoms with van der Waals surface area (Å²) >= 11 is 0. The fourth-order valence-electron chi connectivity index (χ4n) is 1.69. The summed E-state index contributed by atoms with van der Waals surface area (Å²) in [7, 11) is 0. The molecule has 19 heavy (non-hydrogen) atoms. The molecule has 1 amide bonds. The molecule has 0 aliphatic heterocycles. The summed E-state index contributed by atoms with van der Waals surface area (Å²) in [5.41, 5.74) is 2.30. The third kappa shape index (κ3) is 3.79. The summed E-state index contributed by atoms with van der Waals surface area (Å²) in [6.45, 7) is -0.0984. The average Bonchev–Trinajstić information content (AvgIpc) is 2.47. The van der Waals surface area contributed by atoms with Gasteiger partial charge in [0.2, 0.25) is 5.91 Å². The molecule has 0 bridgehead atoms. The van der Waals surface area contributed by atoms with Crippen molar-refractivity contribution in [3.05, 3.63) is 71.8 Å². The zero-order chi connectivity index (χ0) is 13.5. The van der Waals surface area contributed by atoms with Crippen LogP contribution in [-0.4, -0.2) is 11.0 Å². The lowest BCUT2D eigenvalue weighted by atomic mass is 10.2. The number of nitrogens with one attached hydrogen (secondary N) is 1. The van der Waals surface area contributed by atoms with Crippen LogP contribution in [0.2, 0.25) is 0 Å². The zero-order valence-electron chi connectivity index (χ0n) is 10.4. The normalized spacial score (nSPS) is 10.6. The molecule has 0 aliphatic carbocycles. The van der Waals surface area contributed by atoms with Crippen molar-refractivity contribution in [1.29, 1.82) is 0 Å². The summed E-state index contributed by atoms with van der Waals surface area (Å²) in [5.74, 6) is -0.218. The van der Waals surface area contributed by atoms with E-state index in [4.69, 9.17) is 5.11 Å². The van der Waals surface area contributed by atoms with E-state index in [0.29, 0.717) is 11.3 Å². The highest BCUT2D eigenvalue weighted by Gasteiger charge is 2.02. The van der Waals surface area contributed by atoms with Crippen LogP contribution in [0.5, 0.6) is 0 Å². The second kappa shape index (κ2) is 6.52. The van der Waals surface area contributed by atoms with Crippen molar-refractivity contribution in [3.63, 3.8) is 0 Å². The number of carbonyl (C=O) groups excluding carboxylic acids is 1. The van der Waals surface area contributed by atoms with Gasteiger partial charge in [-0.25, -0.2) is 0 Å². The van der Waals surface area contributed by atoms with Gasteiger partial charge in [0.1, 0.15) is 0 Å². The fourth-order valence-corrected chi connectivity index (χ4v) is 1.69. The molecule has 0 saturated heterocycles. The molecule has 96 valence electrons. The number of amides is 1. The van der Waals surface area contributed by atoms with Crippen molar-refractivity contribution < 1.29 is 9.90 Å². The number of aliphatic hydroxyl groups excluding tert-OH is 1. The van der Waals surface area contributed by atoms with E-state index in [-0.39, 0.29) is 12.5 Å². The van der Waals surface area contributed by atoms with Crippen LogP contribution in [0, 0.1) is 0 Å². The van der Waals surface area contributed by atoms with Gasteiger partial charge in [-0.15, -0.1) is 0 Å². The van der Waals surface area contributed by atoms with Crippen LogP contribution in [0.15, 0.2) is 60.7 Å². The largest absolute Gasteiger partial charge is 0.392 e. The number of anilines is 1. The summed E-state index contributed by atoms with van der Waals surface area (Å²) in [6.07, 6.45) is 3.22. The molecule has 0 heterocycles. The van der Waals surface area contributed by atoms with E-state index in [1.807, 2.05) is 42.5 Å². The molecule has 2 rings (SSSR count). The highest BCUT2D eigenvalue weighted by atomic mass is 16.3. The first-order valence-corrected chi connectivity index (χ1v) is 6.02. The number of aliphatic hydroxyl groups is 1. The maximum Gasteiger partial charge on any atom is 0.248 e. The molecule has 0 spiro atoms. The fraction of sp³-hybridized carbons (Fsp3) is 0.0625. The minimum Gasteiger partial charge on any atom is -0.392 e. The van der Waals surface area contributed by atoms with E-state index in [9.17, 15) is 4.79 Å². The van der Waals surface area contributed by atoms with Crippen molar-refractivity contribution in [1.82, 2.24) is 0 Å². The average molecular weight is 253 g/mol. The summed E-state index contributed by atoms with van der Waals surface area (Å²) in [5, 5.41) is 11.9. The smallest absolute Gasteiger partial charge is 0.248 e. The molecule has 0 atom stereocenters. The van der Waals surface area contributed by atoms with Gasteiger partial charge in [0.05, 0.1) is 6.61 Å². The maximum absolute atomic E-state index is 11.8. The molecular formula is C16H15NO2. The lowest BCUT2D eigenvalue weighted by Crippen LogP contribution is -2.09. The van der Waals surface area contributed by atoms with Crippen LogP contribution in [-0.2, 0) is 11.4 Å². The first-order valence-electron chi connectivity index (χ1n) is 6.02. The van der Waals surface area contributed by atoms with Gasteiger partial charge in [-0.1, -0.05) is 48.5 Å². The predicted molar refractivity (Wildman–Crippen MR) is 76.5 cm³/mol. The van der Waals surface area contributed by atoms with Crippen molar-refractivity contribution in [3.8, 4) is 0 Å². The third-order valence-electron chi connectivity index (χ3n) is 2.67. The highest BCUT2D eigenvalue weighted by Crippen LogP contribution is 2.14. The lowest BCUT2D eigenvalue weighted by molar-refractivity contribution is -0.111. The van der Waals surface area contributed by atoms with Gasteiger partial charge in [-0.3, -0.25) is 4.79 Å². The Labute approximate surface area is 112 Å². The van der Waals surface area contributed by atoms with Gasteiger partial charge in [0.25, 0.3) is 0 Å². The Morgan fingerprint density at radius 1 is 1.05 bits per heavy atom. The van der Waals surface area contributed by atoms with Crippen molar-refractivity contribution in [2.45, 2.75) is 6.61 Å². The molecule has 3 nitrogen and oxygen atoms in total. The van der Waals surface area contributed by atoms with E-state index in [0.717, 1.165) is 5.56 Å². The summed E-state index contributed by atoms with van der Waals surface area (Å²) in [6, 6.07) is 16.8. The molecule has 2 aromatic rings. The molecule has 0 aromatic heterocycles. The van der Waals surface area contributed by atoms with Crippen LogP contribution < -0.4 is 5.32 Å². The number of carbonyl (C=O) groups is 1. The number of rotatable bonds is 4. The van der Waals surface area contributed by atoms with Gasteiger partial charge in [-0.05, 0) is 17.7 Å². The van der Waals surface area contributed by atoms with E-state index in [1.165, 1.54) is 6.08 Å². The molecule has 0 saturated carbocycles. The van der Waals surface area contributed by atoms with Crippen molar-refractivity contribution in [2.75, 3.05) is 5.32 Å². The standard InChI is InChI=1S/C16H15NO2/c18-12-14-8-4-5-9-15(14)17-16(19)11-10-13-6-2-1-3-7-13/h1-11,18H,12H2,(H,17,19). The molecule has 0 unspecified atom stereocenters. The molecule has 0 radical (unpaired) electrons. The molecule has 0 fully saturated rings. The van der Waals surface area contributed by atoms with Crippen LogP contribution in [0.1, 0.15) is 11.1 Å². The van der Waals surface area contributed by atoms with E-state index in [1.54, 1.807) is 18.2 Å². The topological polar surface area (TPSA) is 49.3 Å². The minimum atomic E-state index is -0.218. The third-order valence-corrected chi connectivity index (χ3v) is 2.67. The van der Waals surface area contributed by atoms with Crippen molar-refractivity contribution in [2.24, 2.45) is 0 Å². The number of para-hydroxylation sites is 1. The van der Waals surface area contributed by atoms with Gasteiger partial charge in [0.15, 0.2) is 0 Å². The first kappa shape index (κ1) is 13.1. The van der Waals surface area contributed by atoms with Gasteiger partial charge >= 0.3 is 0 Å². The minimum absolute atomic E-state index is 0.0984. The SMILES string of the molecule is O=C(C=Cc1ccccc1)Nc1ccccc1CO. The summed E-state index contributed by atoms with van der Waals surface area (Å²) < 4.78 is 0. The Bertz CT molecular complexity index is 576. The van der Waals surface area contributed by atoms with Crippen molar-refractivity contribution >= 4 is 17.7 Å². The summed E-state index contributed by atoms with van der Waals surface area (Å²) in [4.78, 5) is 11.8. The van der Waals surface area contributed by atoms with E-state index in [2.05, 4.69) is 5.32 Å². The quantitative estimate of drug-likeness (QED) is 0.823. The van der Waals surface area contributed by atoms with Crippen LogP contribution >= 0.6 is 0 Å². The molecule has 2 aromatic carbocycles. The van der Waals surface area contributed by atoms with Crippen LogP contribution in [0.25, 0.3) is 6.08 Å². The lowest BCUT2D eigenvalue weighted by Gasteiger charge is -2.06. The molecule has 0 aliphatic rings. The maximum atomic E-state index is 11.8. The van der Waals surface area contributed by atoms with Crippen LogP contribution in [0.4, 0.5) is 5.69 Å². The monoisotopic (exact) mass is 253 g/mol. The van der Waals surface area contributed by atoms with Gasteiger partial charge in [-0.2, -0.15) is 0 Å². The Morgan fingerprint density at radius 3 is 2.47 bits per heavy atom. The second-order valence-corrected chi connectivity index (χ2v) is 4.05. The van der Waals surface area contributed by atoms with E-state index < -0.39 is 0 Å². The zero-order valence-corrected chi connectivity index (χ0v) is 10.4. The Kier molecular flexibility index (Phi) is 4.48. The Morgan fingerprint density at radius 2 is 1.74 bits per heavy atom.